The zero-order valence-corrected chi connectivity index (χ0v) is 17.1. The first-order chi connectivity index (χ1) is 13.6. The number of carbonyl (C=O) groups excluding carboxylic acids is 1. The molecule has 3 aromatic rings. The Balaban J connectivity index is 1.58. The van der Waals surface area contributed by atoms with Gasteiger partial charge in [0.15, 0.2) is 0 Å². The SMILES string of the molecule is COc1ccc(C(CNC(=O)Cc2csc(-c3ccccn3)n2)N(C)C)cc1. The summed E-state index contributed by atoms with van der Waals surface area (Å²) in [5.74, 6) is 0.774. The lowest BCUT2D eigenvalue weighted by Crippen LogP contribution is -2.35. The summed E-state index contributed by atoms with van der Waals surface area (Å²) in [5, 5.41) is 5.77. The number of thiazole rings is 1. The molecule has 1 unspecified atom stereocenters. The van der Waals surface area contributed by atoms with Crippen LogP contribution in [0.1, 0.15) is 17.3 Å². The number of aromatic nitrogens is 2. The van der Waals surface area contributed by atoms with Crippen LogP contribution in [-0.2, 0) is 11.2 Å². The van der Waals surface area contributed by atoms with Gasteiger partial charge < -0.3 is 15.0 Å². The monoisotopic (exact) mass is 396 g/mol. The highest BCUT2D eigenvalue weighted by atomic mass is 32.1. The molecule has 7 heteroatoms. The Bertz CT molecular complexity index is 894. The third kappa shape index (κ3) is 5.15. The summed E-state index contributed by atoms with van der Waals surface area (Å²) in [6.45, 7) is 0.523. The lowest BCUT2D eigenvalue weighted by Gasteiger charge is -2.25. The molecule has 0 aliphatic heterocycles. The number of pyridine rings is 1. The third-order valence-electron chi connectivity index (χ3n) is 4.39. The Kier molecular flexibility index (Phi) is 6.73. The standard InChI is InChI=1S/C21H24N4O2S/c1-25(2)19(15-7-9-17(27-3)10-8-15)13-23-20(26)12-16-14-28-21(24-16)18-6-4-5-11-22-18/h4-11,14,19H,12-13H2,1-3H3,(H,23,26). The molecule has 0 aliphatic carbocycles. The number of ether oxygens (including phenoxy) is 1. The van der Waals surface area contributed by atoms with Crippen LogP contribution in [0.25, 0.3) is 10.7 Å². The van der Waals surface area contributed by atoms with Crippen LogP contribution < -0.4 is 10.1 Å². The minimum Gasteiger partial charge on any atom is -0.497 e. The van der Waals surface area contributed by atoms with E-state index in [4.69, 9.17) is 4.74 Å². The summed E-state index contributed by atoms with van der Waals surface area (Å²) < 4.78 is 5.21. The highest BCUT2D eigenvalue weighted by molar-refractivity contribution is 7.13. The maximum atomic E-state index is 12.4. The zero-order chi connectivity index (χ0) is 19.9. The zero-order valence-electron chi connectivity index (χ0n) is 16.3. The number of rotatable bonds is 8. The van der Waals surface area contributed by atoms with E-state index in [0.717, 1.165) is 27.7 Å². The molecule has 2 heterocycles. The molecule has 1 N–H and O–H groups in total. The lowest BCUT2D eigenvalue weighted by molar-refractivity contribution is -0.120. The van der Waals surface area contributed by atoms with Gasteiger partial charge in [-0.1, -0.05) is 18.2 Å². The molecule has 6 nitrogen and oxygen atoms in total. The van der Waals surface area contributed by atoms with Gasteiger partial charge in [-0.25, -0.2) is 4.98 Å². The maximum Gasteiger partial charge on any atom is 0.226 e. The van der Waals surface area contributed by atoms with E-state index in [2.05, 4.69) is 20.2 Å². The van der Waals surface area contributed by atoms with Crippen molar-refractivity contribution < 1.29 is 9.53 Å². The summed E-state index contributed by atoms with van der Waals surface area (Å²) >= 11 is 1.50. The third-order valence-corrected chi connectivity index (χ3v) is 5.31. The van der Waals surface area contributed by atoms with Crippen LogP contribution in [0.3, 0.4) is 0 Å². The number of amides is 1. The van der Waals surface area contributed by atoms with Crippen molar-refractivity contribution in [1.29, 1.82) is 0 Å². The fourth-order valence-electron chi connectivity index (χ4n) is 2.86. The van der Waals surface area contributed by atoms with Gasteiger partial charge in [0, 0.05) is 18.1 Å². The Morgan fingerprint density at radius 3 is 2.64 bits per heavy atom. The first kappa shape index (κ1) is 20.0. The average Bonchev–Trinajstić information content (AvgIpc) is 3.17. The largest absolute Gasteiger partial charge is 0.497 e. The molecule has 146 valence electrons. The maximum absolute atomic E-state index is 12.4. The molecule has 1 aromatic carbocycles. The highest BCUT2D eigenvalue weighted by Gasteiger charge is 2.16. The lowest BCUT2D eigenvalue weighted by atomic mass is 10.1. The van der Waals surface area contributed by atoms with E-state index in [-0.39, 0.29) is 18.4 Å². The molecule has 0 spiro atoms. The normalized spacial score (nSPS) is 12.0. The summed E-state index contributed by atoms with van der Waals surface area (Å²) in [5.41, 5.74) is 2.71. The number of nitrogens with one attached hydrogen (secondary N) is 1. The van der Waals surface area contributed by atoms with E-state index in [1.165, 1.54) is 11.3 Å². The molecule has 3 rings (SSSR count). The summed E-state index contributed by atoms with van der Waals surface area (Å²) in [7, 11) is 5.65. The van der Waals surface area contributed by atoms with Crippen molar-refractivity contribution in [3.63, 3.8) is 0 Å². The van der Waals surface area contributed by atoms with Gasteiger partial charge in [-0.2, -0.15) is 0 Å². The Hall–Kier alpha value is -2.77. The second-order valence-corrected chi connectivity index (χ2v) is 7.45. The molecule has 1 atom stereocenters. The number of likely N-dealkylation sites (N-methyl/N-ethyl adjacent to an activating group) is 1. The van der Waals surface area contributed by atoms with Crippen molar-refractivity contribution in [2.24, 2.45) is 0 Å². The highest BCUT2D eigenvalue weighted by Crippen LogP contribution is 2.22. The number of hydrogen-bond donors (Lipinski definition) is 1. The first-order valence-corrected chi connectivity index (χ1v) is 9.87. The molecule has 0 aliphatic rings. The number of benzene rings is 1. The van der Waals surface area contributed by atoms with Gasteiger partial charge in [0.2, 0.25) is 5.91 Å². The fraction of sp³-hybridized carbons (Fsp3) is 0.286. The Morgan fingerprint density at radius 2 is 2.00 bits per heavy atom. The minimum absolute atomic E-state index is 0.0433. The van der Waals surface area contributed by atoms with E-state index in [9.17, 15) is 4.79 Å². The van der Waals surface area contributed by atoms with Crippen molar-refractivity contribution in [3.8, 4) is 16.5 Å². The molecule has 1 amide bonds. The molecule has 28 heavy (non-hydrogen) atoms. The van der Waals surface area contributed by atoms with Crippen molar-refractivity contribution in [2.75, 3.05) is 27.7 Å². The van der Waals surface area contributed by atoms with Crippen LogP contribution >= 0.6 is 11.3 Å². The van der Waals surface area contributed by atoms with Crippen LogP contribution in [-0.4, -0.2) is 48.5 Å². The Labute approximate surface area is 169 Å². The summed E-state index contributed by atoms with van der Waals surface area (Å²) in [4.78, 5) is 23.3. The predicted molar refractivity (Wildman–Crippen MR) is 111 cm³/mol. The topological polar surface area (TPSA) is 67.3 Å². The molecule has 0 bridgehead atoms. The molecular weight excluding hydrogens is 372 g/mol. The van der Waals surface area contributed by atoms with Gasteiger partial charge >= 0.3 is 0 Å². The van der Waals surface area contributed by atoms with Crippen LogP contribution in [0.15, 0.2) is 54.0 Å². The van der Waals surface area contributed by atoms with Gasteiger partial charge in [0.25, 0.3) is 0 Å². The number of methoxy groups -OCH3 is 1. The fourth-order valence-corrected chi connectivity index (χ4v) is 3.65. The van der Waals surface area contributed by atoms with E-state index >= 15 is 0 Å². The van der Waals surface area contributed by atoms with Crippen molar-refractivity contribution in [1.82, 2.24) is 20.2 Å². The van der Waals surface area contributed by atoms with Gasteiger partial charge in [0.1, 0.15) is 10.8 Å². The van der Waals surface area contributed by atoms with Crippen LogP contribution in [0, 0.1) is 0 Å². The van der Waals surface area contributed by atoms with Gasteiger partial charge in [0.05, 0.1) is 31.0 Å². The first-order valence-electron chi connectivity index (χ1n) is 8.99. The van der Waals surface area contributed by atoms with Gasteiger partial charge in [-0.15, -0.1) is 11.3 Å². The molecule has 0 saturated carbocycles. The quantitative estimate of drug-likeness (QED) is 0.633. The average molecular weight is 397 g/mol. The van der Waals surface area contributed by atoms with Crippen LogP contribution in [0.4, 0.5) is 0 Å². The second-order valence-electron chi connectivity index (χ2n) is 6.59. The number of carbonyl (C=O) groups is 1. The molecular formula is C21H24N4O2S. The van der Waals surface area contributed by atoms with Crippen molar-refractivity contribution in [3.05, 3.63) is 65.3 Å². The summed E-state index contributed by atoms with van der Waals surface area (Å²) in [6, 6.07) is 13.7. The van der Waals surface area contributed by atoms with E-state index in [1.807, 2.05) is 61.9 Å². The molecule has 2 aromatic heterocycles. The smallest absolute Gasteiger partial charge is 0.226 e. The van der Waals surface area contributed by atoms with Crippen LogP contribution in [0.5, 0.6) is 5.75 Å². The molecule has 0 fully saturated rings. The number of hydrogen-bond acceptors (Lipinski definition) is 6. The minimum atomic E-state index is -0.0433. The molecule has 0 radical (unpaired) electrons. The molecule has 0 saturated heterocycles. The second kappa shape index (κ2) is 9.43. The summed E-state index contributed by atoms with van der Waals surface area (Å²) in [6.07, 6.45) is 2.00. The Morgan fingerprint density at radius 1 is 1.21 bits per heavy atom. The number of nitrogens with zero attached hydrogens (tertiary/aromatic N) is 3. The van der Waals surface area contributed by atoms with Gasteiger partial charge in [-0.05, 0) is 43.9 Å². The van der Waals surface area contributed by atoms with E-state index < -0.39 is 0 Å². The van der Waals surface area contributed by atoms with Gasteiger partial charge in [-0.3, -0.25) is 9.78 Å². The van der Waals surface area contributed by atoms with Crippen LogP contribution in [0.2, 0.25) is 0 Å². The van der Waals surface area contributed by atoms with Crippen molar-refractivity contribution >= 4 is 17.2 Å². The predicted octanol–water partition coefficient (Wildman–Crippen LogP) is 3.18. The van der Waals surface area contributed by atoms with Crippen molar-refractivity contribution in [2.45, 2.75) is 12.5 Å². The van der Waals surface area contributed by atoms with E-state index in [1.54, 1.807) is 13.3 Å². The van der Waals surface area contributed by atoms with E-state index in [0.29, 0.717) is 6.54 Å².